The zero-order valence-electron chi connectivity index (χ0n) is 9.63. The van der Waals surface area contributed by atoms with Gasteiger partial charge in [-0.3, -0.25) is 0 Å². The van der Waals surface area contributed by atoms with Gasteiger partial charge in [0.15, 0.2) is 0 Å². The highest BCUT2D eigenvalue weighted by Crippen LogP contribution is 2.26. The van der Waals surface area contributed by atoms with E-state index in [0.29, 0.717) is 0 Å². The Hall–Kier alpha value is -1.13. The molecule has 3 nitrogen and oxygen atoms in total. The van der Waals surface area contributed by atoms with E-state index in [4.69, 9.17) is 5.73 Å². The van der Waals surface area contributed by atoms with Crippen molar-refractivity contribution < 1.29 is 0 Å². The van der Waals surface area contributed by atoms with Crippen molar-refractivity contribution in [2.75, 3.05) is 0 Å². The predicted octanol–water partition coefficient (Wildman–Crippen LogP) is 2.91. The van der Waals surface area contributed by atoms with Crippen LogP contribution in [0.15, 0.2) is 29.9 Å². The summed E-state index contributed by atoms with van der Waals surface area (Å²) < 4.78 is 2.17. The molecule has 2 rings (SSSR count). The highest BCUT2D eigenvalue weighted by molar-refractivity contribution is 7.13. The van der Waals surface area contributed by atoms with Gasteiger partial charge in [0, 0.05) is 24.5 Å². The van der Waals surface area contributed by atoms with E-state index < -0.39 is 0 Å². The van der Waals surface area contributed by atoms with Gasteiger partial charge in [-0.2, -0.15) is 0 Å². The molecular weight excluding hydrogens is 218 g/mol. The largest absolute Gasteiger partial charge is 0.326 e. The minimum atomic E-state index is 0.174. The van der Waals surface area contributed by atoms with Crippen molar-refractivity contribution >= 4 is 11.3 Å². The van der Waals surface area contributed by atoms with E-state index in [1.54, 1.807) is 11.3 Å². The van der Waals surface area contributed by atoms with Crippen LogP contribution in [0.3, 0.4) is 0 Å². The fraction of sp³-hybridized carbons (Fsp3) is 0.417. The van der Waals surface area contributed by atoms with Crippen molar-refractivity contribution in [2.45, 2.75) is 32.4 Å². The van der Waals surface area contributed by atoms with Crippen LogP contribution in [-0.2, 0) is 0 Å². The molecule has 0 aliphatic rings. The van der Waals surface area contributed by atoms with E-state index >= 15 is 0 Å². The number of nitrogens with two attached hydrogens (primary N) is 1. The van der Waals surface area contributed by atoms with Crippen LogP contribution in [0, 0.1) is 0 Å². The zero-order chi connectivity index (χ0) is 11.5. The molecule has 2 aromatic heterocycles. The second-order valence-corrected chi connectivity index (χ2v) is 4.90. The molecule has 0 saturated heterocycles. The first kappa shape index (κ1) is 11.4. The molecule has 0 spiro atoms. The summed E-state index contributed by atoms with van der Waals surface area (Å²) in [5, 5.41) is 2.07. The first-order valence-corrected chi connectivity index (χ1v) is 6.44. The van der Waals surface area contributed by atoms with E-state index in [2.05, 4.69) is 34.8 Å². The molecule has 0 aliphatic carbocycles. The molecular formula is C12H17N3S. The smallest absolute Gasteiger partial charge is 0.150 e. The fourth-order valence-electron chi connectivity index (χ4n) is 1.79. The van der Waals surface area contributed by atoms with Crippen LogP contribution in [-0.4, -0.2) is 15.6 Å². The highest BCUT2D eigenvalue weighted by atomic mass is 32.1. The standard InChI is InChI=1S/C12H17N3S/c1-3-10(13)9(2)15-7-6-14-12(15)11-5-4-8-16-11/h4-10H,3,13H2,1-2H3. The van der Waals surface area contributed by atoms with Gasteiger partial charge < -0.3 is 10.3 Å². The molecule has 4 heteroatoms. The van der Waals surface area contributed by atoms with Crippen molar-refractivity contribution in [3.8, 4) is 10.7 Å². The number of imidazole rings is 1. The molecule has 0 saturated carbocycles. The number of aromatic nitrogens is 2. The Bertz CT molecular complexity index is 433. The van der Waals surface area contributed by atoms with E-state index in [1.807, 2.05) is 18.5 Å². The molecule has 16 heavy (non-hydrogen) atoms. The molecule has 2 unspecified atom stereocenters. The predicted molar refractivity (Wildman–Crippen MR) is 68.5 cm³/mol. The summed E-state index contributed by atoms with van der Waals surface area (Å²) in [4.78, 5) is 5.61. The quantitative estimate of drug-likeness (QED) is 0.885. The van der Waals surface area contributed by atoms with Crippen LogP contribution in [0.1, 0.15) is 26.3 Å². The lowest BCUT2D eigenvalue weighted by atomic mass is 10.1. The average Bonchev–Trinajstić information content (AvgIpc) is 2.95. The topological polar surface area (TPSA) is 43.8 Å². The fourth-order valence-corrected chi connectivity index (χ4v) is 2.51. The number of thiophene rings is 1. The monoisotopic (exact) mass is 235 g/mol. The maximum Gasteiger partial charge on any atom is 0.150 e. The Morgan fingerprint density at radius 1 is 1.56 bits per heavy atom. The van der Waals surface area contributed by atoms with Crippen LogP contribution < -0.4 is 5.73 Å². The molecule has 2 N–H and O–H groups in total. The van der Waals surface area contributed by atoms with Crippen LogP contribution in [0.25, 0.3) is 10.7 Å². The molecule has 0 aromatic carbocycles. The Labute approximate surface area is 99.9 Å². The van der Waals surface area contributed by atoms with Gasteiger partial charge in [0.1, 0.15) is 5.82 Å². The maximum absolute atomic E-state index is 6.08. The Morgan fingerprint density at radius 2 is 2.38 bits per heavy atom. The zero-order valence-corrected chi connectivity index (χ0v) is 10.4. The number of rotatable bonds is 4. The van der Waals surface area contributed by atoms with E-state index in [-0.39, 0.29) is 12.1 Å². The lowest BCUT2D eigenvalue weighted by molar-refractivity contribution is 0.434. The van der Waals surface area contributed by atoms with Gasteiger partial charge in [0.2, 0.25) is 0 Å². The first-order chi connectivity index (χ1) is 7.74. The summed E-state index contributed by atoms with van der Waals surface area (Å²) in [6.07, 6.45) is 4.83. The van der Waals surface area contributed by atoms with Gasteiger partial charge in [-0.15, -0.1) is 11.3 Å². The summed E-state index contributed by atoms with van der Waals surface area (Å²) in [7, 11) is 0. The van der Waals surface area contributed by atoms with E-state index in [9.17, 15) is 0 Å². The lowest BCUT2D eigenvalue weighted by Crippen LogP contribution is -2.29. The lowest BCUT2D eigenvalue weighted by Gasteiger charge is -2.21. The number of nitrogens with zero attached hydrogens (tertiary/aromatic N) is 2. The van der Waals surface area contributed by atoms with Crippen LogP contribution in [0.5, 0.6) is 0 Å². The molecule has 0 aliphatic heterocycles. The molecule has 0 fully saturated rings. The van der Waals surface area contributed by atoms with Crippen molar-refractivity contribution in [3.63, 3.8) is 0 Å². The molecule has 2 aromatic rings. The van der Waals surface area contributed by atoms with Crippen molar-refractivity contribution in [1.82, 2.24) is 9.55 Å². The first-order valence-electron chi connectivity index (χ1n) is 5.56. The minimum absolute atomic E-state index is 0.174. The molecule has 2 heterocycles. The third-order valence-electron chi connectivity index (χ3n) is 2.94. The summed E-state index contributed by atoms with van der Waals surface area (Å²) in [6, 6.07) is 4.59. The second-order valence-electron chi connectivity index (χ2n) is 3.95. The summed E-state index contributed by atoms with van der Waals surface area (Å²) >= 11 is 1.71. The number of hydrogen-bond donors (Lipinski definition) is 1. The third-order valence-corrected chi connectivity index (χ3v) is 3.81. The molecule has 0 radical (unpaired) electrons. The second kappa shape index (κ2) is 4.80. The van der Waals surface area contributed by atoms with E-state index in [1.165, 1.54) is 4.88 Å². The van der Waals surface area contributed by atoms with Crippen molar-refractivity contribution in [2.24, 2.45) is 5.73 Å². The van der Waals surface area contributed by atoms with Crippen molar-refractivity contribution in [3.05, 3.63) is 29.9 Å². The molecule has 0 amide bonds. The van der Waals surface area contributed by atoms with Crippen LogP contribution >= 0.6 is 11.3 Å². The summed E-state index contributed by atoms with van der Waals surface area (Å²) in [5.41, 5.74) is 6.08. The molecule has 2 atom stereocenters. The minimum Gasteiger partial charge on any atom is -0.326 e. The molecule has 0 bridgehead atoms. The van der Waals surface area contributed by atoms with Gasteiger partial charge in [0.25, 0.3) is 0 Å². The van der Waals surface area contributed by atoms with Crippen LogP contribution in [0.2, 0.25) is 0 Å². The summed E-state index contributed by atoms with van der Waals surface area (Å²) in [5.74, 6) is 1.02. The van der Waals surface area contributed by atoms with E-state index in [0.717, 1.165) is 12.2 Å². The highest BCUT2D eigenvalue weighted by Gasteiger charge is 2.16. The van der Waals surface area contributed by atoms with Gasteiger partial charge in [-0.1, -0.05) is 13.0 Å². The van der Waals surface area contributed by atoms with Gasteiger partial charge in [-0.05, 0) is 24.8 Å². The van der Waals surface area contributed by atoms with Gasteiger partial charge in [0.05, 0.1) is 4.88 Å². The molecule has 86 valence electrons. The normalized spacial score (nSPS) is 14.9. The van der Waals surface area contributed by atoms with Crippen LogP contribution in [0.4, 0.5) is 0 Å². The van der Waals surface area contributed by atoms with Crippen molar-refractivity contribution in [1.29, 1.82) is 0 Å². The number of hydrogen-bond acceptors (Lipinski definition) is 3. The average molecular weight is 235 g/mol. The Kier molecular flexibility index (Phi) is 3.41. The Morgan fingerprint density at radius 3 is 3.00 bits per heavy atom. The maximum atomic E-state index is 6.08. The van der Waals surface area contributed by atoms with Gasteiger partial charge in [-0.25, -0.2) is 4.98 Å². The SMILES string of the molecule is CCC(N)C(C)n1ccnc1-c1cccs1. The summed E-state index contributed by atoms with van der Waals surface area (Å²) in [6.45, 7) is 4.26. The third kappa shape index (κ3) is 2.03. The van der Waals surface area contributed by atoms with Gasteiger partial charge >= 0.3 is 0 Å². The Balaban J connectivity index is 2.33.